The smallest absolute Gasteiger partial charge is 0.104 e. The molecule has 1 fully saturated rings. The summed E-state index contributed by atoms with van der Waals surface area (Å²) in [4.78, 5) is 0. The molecule has 1 rings (SSSR count). The van der Waals surface area contributed by atoms with Crippen LogP contribution in [0, 0.1) is 0 Å². The molecule has 0 aromatic carbocycles. The van der Waals surface area contributed by atoms with E-state index in [9.17, 15) is 0 Å². The summed E-state index contributed by atoms with van der Waals surface area (Å²) in [5, 5.41) is 0. The first-order chi connectivity index (χ1) is 4.83. The van der Waals surface area contributed by atoms with E-state index in [0.717, 1.165) is 6.61 Å². The normalized spacial score (nSPS) is 26.4. The molecule has 2 atom stereocenters. The van der Waals surface area contributed by atoms with E-state index in [2.05, 4.69) is 0 Å². The van der Waals surface area contributed by atoms with E-state index in [1.54, 1.807) is 7.11 Å². The molecule has 1 saturated heterocycles. The molecule has 0 spiro atoms. The van der Waals surface area contributed by atoms with Gasteiger partial charge in [0.25, 0.3) is 0 Å². The zero-order valence-electron chi connectivity index (χ0n) is 6.50. The first-order valence-corrected chi connectivity index (χ1v) is 3.55. The molecule has 0 bridgehead atoms. The van der Waals surface area contributed by atoms with Gasteiger partial charge in [0.2, 0.25) is 0 Å². The van der Waals surface area contributed by atoms with Gasteiger partial charge in [-0.15, -0.1) is 0 Å². The second kappa shape index (κ2) is 3.91. The van der Waals surface area contributed by atoms with E-state index in [1.807, 2.05) is 6.92 Å². The average Bonchev–Trinajstić information content (AvgIpc) is 2.67. The highest BCUT2D eigenvalue weighted by molar-refractivity contribution is 4.67. The lowest BCUT2D eigenvalue weighted by molar-refractivity contribution is 0.00298. The molecule has 0 aliphatic carbocycles. The van der Waals surface area contributed by atoms with Crippen molar-refractivity contribution in [3.63, 3.8) is 0 Å². The zero-order chi connectivity index (χ0) is 7.40. The molecule has 3 nitrogen and oxygen atoms in total. The summed E-state index contributed by atoms with van der Waals surface area (Å²) in [5.74, 6) is 0. The van der Waals surface area contributed by atoms with Gasteiger partial charge in [0.15, 0.2) is 0 Å². The van der Waals surface area contributed by atoms with Crippen LogP contribution in [0.15, 0.2) is 0 Å². The highest BCUT2D eigenvalue weighted by Crippen LogP contribution is 2.09. The van der Waals surface area contributed by atoms with E-state index in [-0.39, 0.29) is 6.10 Å². The predicted octanol–water partition coefficient (Wildman–Crippen LogP) is 0.437. The lowest BCUT2D eigenvalue weighted by atomic mass is 10.4. The van der Waals surface area contributed by atoms with Crippen LogP contribution in [0.1, 0.15) is 6.92 Å². The number of epoxide rings is 1. The monoisotopic (exact) mass is 146 g/mol. The summed E-state index contributed by atoms with van der Waals surface area (Å²) in [5.41, 5.74) is 0. The Balaban J connectivity index is 1.89. The third kappa shape index (κ3) is 3.15. The molecule has 0 radical (unpaired) electrons. The largest absolute Gasteiger partial charge is 0.382 e. The predicted molar refractivity (Wildman–Crippen MR) is 37.0 cm³/mol. The number of rotatable bonds is 5. The van der Waals surface area contributed by atoms with Crippen molar-refractivity contribution in [2.24, 2.45) is 0 Å². The fraction of sp³-hybridized carbons (Fsp3) is 1.00. The quantitative estimate of drug-likeness (QED) is 0.527. The maximum Gasteiger partial charge on any atom is 0.104 e. The average molecular weight is 146 g/mol. The van der Waals surface area contributed by atoms with Gasteiger partial charge in [-0.2, -0.15) is 0 Å². The van der Waals surface area contributed by atoms with Crippen LogP contribution in [-0.2, 0) is 14.2 Å². The second-order valence-corrected chi connectivity index (χ2v) is 2.55. The zero-order valence-corrected chi connectivity index (χ0v) is 6.50. The van der Waals surface area contributed by atoms with Gasteiger partial charge in [-0.3, -0.25) is 0 Å². The van der Waals surface area contributed by atoms with Crippen molar-refractivity contribution in [3.05, 3.63) is 0 Å². The molecule has 3 heteroatoms. The SMILES string of the molecule is COCC(C)OC[C@H]1CO1. The first-order valence-electron chi connectivity index (χ1n) is 3.55. The molecule has 1 heterocycles. The summed E-state index contributed by atoms with van der Waals surface area (Å²) in [6.07, 6.45) is 0.550. The van der Waals surface area contributed by atoms with E-state index in [1.165, 1.54) is 0 Å². The van der Waals surface area contributed by atoms with Crippen molar-refractivity contribution >= 4 is 0 Å². The standard InChI is InChI=1S/C7H14O3/c1-6(3-8-2)9-4-7-5-10-7/h6-7H,3-5H2,1-2H3/t6?,7-/m0/s1. The van der Waals surface area contributed by atoms with Gasteiger partial charge in [0.1, 0.15) is 6.10 Å². The van der Waals surface area contributed by atoms with Crippen LogP contribution in [-0.4, -0.2) is 39.1 Å². The fourth-order valence-electron chi connectivity index (χ4n) is 0.719. The van der Waals surface area contributed by atoms with Gasteiger partial charge in [-0.1, -0.05) is 0 Å². The maximum atomic E-state index is 5.36. The Morgan fingerprint density at radius 3 is 2.90 bits per heavy atom. The molecular weight excluding hydrogens is 132 g/mol. The Morgan fingerprint density at radius 2 is 2.40 bits per heavy atom. The highest BCUT2D eigenvalue weighted by Gasteiger charge is 2.23. The second-order valence-electron chi connectivity index (χ2n) is 2.55. The van der Waals surface area contributed by atoms with Gasteiger partial charge in [-0.25, -0.2) is 0 Å². The number of ether oxygens (including phenoxy) is 3. The van der Waals surface area contributed by atoms with Crippen molar-refractivity contribution < 1.29 is 14.2 Å². The van der Waals surface area contributed by atoms with E-state index >= 15 is 0 Å². The summed E-state index contributed by atoms with van der Waals surface area (Å²) in [6, 6.07) is 0. The van der Waals surface area contributed by atoms with Crippen LogP contribution in [0.5, 0.6) is 0 Å². The number of methoxy groups -OCH3 is 1. The molecular formula is C7H14O3. The molecule has 1 unspecified atom stereocenters. The van der Waals surface area contributed by atoms with E-state index in [0.29, 0.717) is 19.3 Å². The van der Waals surface area contributed by atoms with Crippen LogP contribution in [0.3, 0.4) is 0 Å². The third-order valence-electron chi connectivity index (χ3n) is 1.37. The summed E-state index contributed by atoms with van der Waals surface area (Å²) in [7, 11) is 1.67. The number of hydrogen-bond acceptors (Lipinski definition) is 3. The van der Waals surface area contributed by atoms with Crippen molar-refractivity contribution in [2.75, 3.05) is 26.9 Å². The Labute approximate surface area is 61.3 Å². The molecule has 0 amide bonds. The minimum absolute atomic E-state index is 0.189. The van der Waals surface area contributed by atoms with Gasteiger partial charge >= 0.3 is 0 Å². The summed E-state index contributed by atoms with van der Waals surface area (Å²) in [6.45, 7) is 4.23. The molecule has 0 saturated carbocycles. The topological polar surface area (TPSA) is 31.0 Å². The van der Waals surface area contributed by atoms with Crippen molar-refractivity contribution in [1.82, 2.24) is 0 Å². The molecule has 0 aromatic rings. The maximum absolute atomic E-state index is 5.36. The Bertz CT molecular complexity index is 90.9. The van der Waals surface area contributed by atoms with Crippen LogP contribution in [0.4, 0.5) is 0 Å². The van der Waals surface area contributed by atoms with Gasteiger partial charge < -0.3 is 14.2 Å². The Hall–Kier alpha value is -0.120. The molecule has 60 valence electrons. The van der Waals surface area contributed by atoms with Crippen molar-refractivity contribution in [3.8, 4) is 0 Å². The van der Waals surface area contributed by atoms with Crippen LogP contribution >= 0.6 is 0 Å². The molecule has 1 aliphatic heterocycles. The fourth-order valence-corrected chi connectivity index (χ4v) is 0.719. The van der Waals surface area contributed by atoms with E-state index in [4.69, 9.17) is 14.2 Å². The summed E-state index contributed by atoms with van der Waals surface area (Å²) >= 11 is 0. The highest BCUT2D eigenvalue weighted by atomic mass is 16.6. The minimum atomic E-state index is 0.189. The van der Waals surface area contributed by atoms with Crippen molar-refractivity contribution in [2.45, 2.75) is 19.1 Å². The Morgan fingerprint density at radius 1 is 1.70 bits per heavy atom. The first kappa shape index (κ1) is 7.98. The van der Waals surface area contributed by atoms with Gasteiger partial charge in [0.05, 0.1) is 25.9 Å². The van der Waals surface area contributed by atoms with Crippen molar-refractivity contribution in [1.29, 1.82) is 0 Å². The van der Waals surface area contributed by atoms with Crippen LogP contribution in [0.2, 0.25) is 0 Å². The lowest BCUT2D eigenvalue weighted by Crippen LogP contribution is -2.17. The molecule has 10 heavy (non-hydrogen) atoms. The Kier molecular flexibility index (Phi) is 3.12. The van der Waals surface area contributed by atoms with E-state index < -0.39 is 0 Å². The minimum Gasteiger partial charge on any atom is -0.382 e. The third-order valence-corrected chi connectivity index (χ3v) is 1.37. The van der Waals surface area contributed by atoms with Gasteiger partial charge in [0, 0.05) is 7.11 Å². The lowest BCUT2D eigenvalue weighted by Gasteiger charge is -2.09. The van der Waals surface area contributed by atoms with Crippen LogP contribution in [0.25, 0.3) is 0 Å². The van der Waals surface area contributed by atoms with Crippen LogP contribution < -0.4 is 0 Å². The summed E-state index contributed by atoms with van der Waals surface area (Å²) < 4.78 is 15.2. The molecule has 0 N–H and O–H groups in total. The molecule has 0 aromatic heterocycles. The number of hydrogen-bond donors (Lipinski definition) is 0. The molecule has 1 aliphatic rings. The van der Waals surface area contributed by atoms with Gasteiger partial charge in [-0.05, 0) is 6.92 Å².